The first kappa shape index (κ1) is 25.0. The Morgan fingerprint density at radius 3 is 1.85 bits per heavy atom. The van der Waals surface area contributed by atoms with E-state index < -0.39 is 65.6 Å². The molecule has 1 aliphatic heterocycles. The molecule has 1 fully saturated rings. The first-order chi connectivity index (χ1) is 15.0. The highest BCUT2D eigenvalue weighted by Gasteiger charge is 2.43. The minimum atomic E-state index is -5.10. The molecule has 0 unspecified atom stereocenters. The van der Waals surface area contributed by atoms with Crippen LogP contribution in [0.4, 0.5) is 44.3 Å². The van der Waals surface area contributed by atoms with Gasteiger partial charge in [-0.1, -0.05) is 11.6 Å². The molecule has 0 spiro atoms. The zero-order valence-corrected chi connectivity index (χ0v) is 17.1. The number of rotatable bonds is 3. The Balaban J connectivity index is 1.96. The van der Waals surface area contributed by atoms with Crippen LogP contribution in [0.5, 0.6) is 0 Å². The summed E-state index contributed by atoms with van der Waals surface area (Å²) in [6, 6.07) is 2.07. The van der Waals surface area contributed by atoms with Crippen LogP contribution in [-0.4, -0.2) is 17.0 Å². The van der Waals surface area contributed by atoms with Gasteiger partial charge in [-0.3, -0.25) is 4.90 Å². The third kappa shape index (κ3) is 5.31. The Bertz CT molecular complexity index is 1030. The molecule has 13 heteroatoms. The smallest absolute Gasteiger partial charge is 0.416 e. The Kier molecular flexibility index (Phi) is 6.29. The molecule has 0 aromatic heterocycles. The van der Waals surface area contributed by atoms with Gasteiger partial charge in [-0.25, -0.2) is 4.79 Å². The van der Waals surface area contributed by atoms with Gasteiger partial charge in [-0.05, 0) is 54.4 Å². The third-order valence-electron chi connectivity index (χ3n) is 5.04. The van der Waals surface area contributed by atoms with Crippen molar-refractivity contribution in [3.8, 4) is 0 Å². The molecule has 0 bridgehead atoms. The second kappa shape index (κ2) is 8.30. The van der Waals surface area contributed by atoms with Crippen LogP contribution in [0.25, 0.3) is 0 Å². The summed E-state index contributed by atoms with van der Waals surface area (Å²) < 4.78 is 123. The van der Waals surface area contributed by atoms with E-state index in [2.05, 4.69) is 0 Å². The number of hydrogen-bond acceptors (Lipinski definition) is 2. The van der Waals surface area contributed by atoms with Gasteiger partial charge >= 0.3 is 24.6 Å². The van der Waals surface area contributed by atoms with Gasteiger partial charge in [0.1, 0.15) is 6.10 Å². The molecule has 0 saturated carbocycles. The molecular formula is C20H13ClF9NO2. The lowest BCUT2D eigenvalue weighted by atomic mass is 9.97. The molecule has 2 atom stereocenters. The van der Waals surface area contributed by atoms with E-state index in [1.54, 1.807) is 0 Å². The van der Waals surface area contributed by atoms with E-state index in [0.29, 0.717) is 18.2 Å². The number of amides is 1. The molecule has 33 heavy (non-hydrogen) atoms. The van der Waals surface area contributed by atoms with Crippen LogP contribution in [0, 0.1) is 0 Å². The molecule has 0 aliphatic carbocycles. The lowest BCUT2D eigenvalue weighted by Crippen LogP contribution is -2.31. The number of alkyl halides is 9. The maximum atomic E-state index is 13.1. The van der Waals surface area contributed by atoms with Gasteiger partial charge in [0.15, 0.2) is 0 Å². The molecular weight excluding hydrogens is 493 g/mol. The Morgan fingerprint density at radius 2 is 1.36 bits per heavy atom. The minimum absolute atomic E-state index is 0.0644. The topological polar surface area (TPSA) is 29.5 Å². The largest absolute Gasteiger partial charge is 0.439 e. The van der Waals surface area contributed by atoms with Crippen molar-refractivity contribution in [3.63, 3.8) is 0 Å². The average molecular weight is 506 g/mol. The average Bonchev–Trinajstić information content (AvgIpc) is 2.95. The van der Waals surface area contributed by atoms with Crippen molar-refractivity contribution >= 4 is 17.7 Å². The summed E-state index contributed by atoms with van der Waals surface area (Å²) in [4.78, 5) is 13.2. The quantitative estimate of drug-likeness (QED) is 0.405. The Labute approximate surface area is 185 Å². The summed E-state index contributed by atoms with van der Waals surface area (Å²) in [5.74, 6) is 0. The number of ether oxygens (including phenoxy) is 1. The van der Waals surface area contributed by atoms with Crippen molar-refractivity contribution < 1.29 is 49.0 Å². The zero-order chi connectivity index (χ0) is 24.9. The first-order valence-corrected chi connectivity index (χ1v) is 9.48. The van der Waals surface area contributed by atoms with Crippen molar-refractivity contribution in [2.45, 2.75) is 44.1 Å². The third-order valence-corrected chi connectivity index (χ3v) is 5.41. The lowest BCUT2D eigenvalue weighted by molar-refractivity contribution is -0.143. The number of cyclic esters (lactones) is 1. The monoisotopic (exact) mass is 505 g/mol. The number of halogens is 10. The molecule has 1 amide bonds. The standard InChI is InChI=1S/C20H13ClF9NO2/c1-9-16(10-4-13(19(25,26)27)7-14(5-10)20(28,29)30)33-17(32)31(9)8-11-6-12(18(22,23)24)2-3-15(11)21/h2-7,9,16H,8H2,1H3/t9-,16-/m0/s1. The predicted molar refractivity (Wildman–Crippen MR) is 97.1 cm³/mol. The van der Waals surface area contributed by atoms with E-state index >= 15 is 0 Å². The van der Waals surface area contributed by atoms with Gasteiger partial charge in [0.25, 0.3) is 0 Å². The molecule has 1 saturated heterocycles. The van der Waals surface area contributed by atoms with E-state index in [-0.39, 0.29) is 16.7 Å². The van der Waals surface area contributed by atoms with E-state index in [1.165, 1.54) is 6.92 Å². The van der Waals surface area contributed by atoms with E-state index in [9.17, 15) is 44.3 Å². The van der Waals surface area contributed by atoms with Gasteiger partial charge < -0.3 is 4.74 Å². The van der Waals surface area contributed by atoms with Crippen molar-refractivity contribution in [2.75, 3.05) is 0 Å². The molecule has 180 valence electrons. The van der Waals surface area contributed by atoms with E-state index in [1.807, 2.05) is 0 Å². The molecule has 0 radical (unpaired) electrons. The molecule has 3 rings (SSSR count). The highest BCUT2D eigenvalue weighted by atomic mass is 35.5. The van der Waals surface area contributed by atoms with Gasteiger partial charge in [0.2, 0.25) is 0 Å². The van der Waals surface area contributed by atoms with Crippen molar-refractivity contribution in [1.29, 1.82) is 0 Å². The Morgan fingerprint density at radius 1 is 0.848 bits per heavy atom. The summed E-state index contributed by atoms with van der Waals surface area (Å²) in [6.07, 6.45) is -17.6. The maximum Gasteiger partial charge on any atom is 0.416 e. The molecule has 0 N–H and O–H groups in total. The normalized spacial score (nSPS) is 19.7. The molecule has 3 nitrogen and oxygen atoms in total. The highest BCUT2D eigenvalue weighted by molar-refractivity contribution is 6.31. The van der Waals surface area contributed by atoms with E-state index in [0.717, 1.165) is 17.0 Å². The predicted octanol–water partition coefficient (Wildman–Crippen LogP) is 7.48. The van der Waals surface area contributed by atoms with Crippen molar-refractivity contribution in [1.82, 2.24) is 4.90 Å². The number of hydrogen-bond donors (Lipinski definition) is 0. The fraction of sp³-hybridized carbons (Fsp3) is 0.350. The number of carbonyl (C=O) groups excluding carboxylic acids is 1. The number of benzene rings is 2. The van der Waals surface area contributed by atoms with Crippen LogP contribution >= 0.6 is 11.6 Å². The molecule has 1 aliphatic rings. The number of carbonyl (C=O) groups is 1. The summed E-state index contributed by atoms with van der Waals surface area (Å²) in [6.45, 7) is 0.773. The SMILES string of the molecule is C[C@H]1[C@@H](c2cc(C(F)(F)F)cc(C(F)(F)F)c2)OC(=O)N1Cc1cc(C(F)(F)F)ccc1Cl. The maximum absolute atomic E-state index is 13.1. The van der Waals surface area contributed by atoms with Crippen LogP contribution in [-0.2, 0) is 29.8 Å². The van der Waals surface area contributed by atoms with E-state index in [4.69, 9.17) is 16.3 Å². The van der Waals surface area contributed by atoms with Crippen LogP contribution < -0.4 is 0 Å². The first-order valence-electron chi connectivity index (χ1n) is 9.10. The summed E-state index contributed by atoms with van der Waals surface area (Å²) in [5.41, 5.74) is -4.91. The van der Waals surface area contributed by atoms with Crippen molar-refractivity contribution in [3.05, 3.63) is 69.2 Å². The van der Waals surface area contributed by atoms with Gasteiger partial charge in [0, 0.05) is 5.02 Å². The van der Waals surface area contributed by atoms with Crippen LogP contribution in [0.1, 0.15) is 40.8 Å². The second-order valence-electron chi connectivity index (χ2n) is 7.32. The number of nitrogens with zero attached hydrogens (tertiary/aromatic N) is 1. The van der Waals surface area contributed by atoms with Crippen LogP contribution in [0.3, 0.4) is 0 Å². The minimum Gasteiger partial charge on any atom is -0.439 e. The molecule has 1 heterocycles. The fourth-order valence-electron chi connectivity index (χ4n) is 3.36. The summed E-state index contributed by atoms with van der Waals surface area (Å²) in [7, 11) is 0. The highest BCUT2D eigenvalue weighted by Crippen LogP contribution is 2.41. The summed E-state index contributed by atoms with van der Waals surface area (Å²) >= 11 is 5.92. The van der Waals surface area contributed by atoms with Crippen LogP contribution in [0.15, 0.2) is 36.4 Å². The van der Waals surface area contributed by atoms with Gasteiger partial charge in [-0.2, -0.15) is 39.5 Å². The lowest BCUT2D eigenvalue weighted by Gasteiger charge is -2.23. The molecule has 2 aromatic rings. The van der Waals surface area contributed by atoms with Gasteiger partial charge in [0.05, 0.1) is 29.3 Å². The van der Waals surface area contributed by atoms with Crippen LogP contribution in [0.2, 0.25) is 5.02 Å². The Hall–Kier alpha value is -2.63. The second-order valence-corrected chi connectivity index (χ2v) is 7.72. The van der Waals surface area contributed by atoms with Crippen molar-refractivity contribution in [2.24, 2.45) is 0 Å². The zero-order valence-electron chi connectivity index (χ0n) is 16.4. The summed E-state index contributed by atoms with van der Waals surface area (Å²) in [5, 5.41) is -0.120. The van der Waals surface area contributed by atoms with Gasteiger partial charge in [-0.15, -0.1) is 0 Å². The molecule has 2 aromatic carbocycles. The fourth-order valence-corrected chi connectivity index (χ4v) is 3.54.